The summed E-state index contributed by atoms with van der Waals surface area (Å²) in [4.78, 5) is 34.7. The van der Waals surface area contributed by atoms with Crippen LogP contribution < -0.4 is 5.73 Å². The molecule has 0 radical (unpaired) electrons. The molecule has 0 rings (SSSR count). The third kappa shape index (κ3) is 36.3. The summed E-state index contributed by atoms with van der Waals surface area (Å²) in [6.07, 6.45) is 35.2. The minimum absolute atomic E-state index is 0.0561. The molecule has 0 aliphatic carbocycles. The van der Waals surface area contributed by atoms with Gasteiger partial charge < -0.3 is 20.1 Å². The quantitative estimate of drug-likeness (QED) is 0.0277. The lowest BCUT2D eigenvalue weighted by Crippen LogP contribution is -2.29. The Hall–Kier alpha value is -1.25. The molecule has 0 bridgehead atoms. The normalized spacial score (nSPS) is 13.5. The van der Waals surface area contributed by atoms with Crippen LogP contribution in [0.1, 0.15) is 194 Å². The molecule has 290 valence electrons. The Morgan fingerprint density at radius 1 is 0.612 bits per heavy atom. The Morgan fingerprint density at radius 2 is 1.06 bits per heavy atom. The second-order valence-corrected chi connectivity index (χ2v) is 14.9. The van der Waals surface area contributed by atoms with Crippen molar-refractivity contribution in [2.45, 2.75) is 200 Å². The van der Waals surface area contributed by atoms with E-state index in [1.807, 2.05) is 0 Å². The van der Waals surface area contributed by atoms with Crippen LogP contribution in [-0.4, -0.2) is 49.3 Å². The predicted molar refractivity (Wildman–Crippen MR) is 201 cm³/mol. The van der Waals surface area contributed by atoms with Gasteiger partial charge >= 0.3 is 19.8 Å². The highest BCUT2D eigenvalue weighted by Gasteiger charge is 2.26. The van der Waals surface area contributed by atoms with Gasteiger partial charge in [-0.25, -0.2) is 4.57 Å². The minimum Gasteiger partial charge on any atom is -0.462 e. The van der Waals surface area contributed by atoms with Crippen LogP contribution in [0.15, 0.2) is 12.2 Å². The van der Waals surface area contributed by atoms with Crippen LogP contribution in [0, 0.1) is 0 Å². The fourth-order valence-electron chi connectivity index (χ4n) is 5.70. The zero-order valence-electron chi connectivity index (χ0n) is 31.7. The monoisotopic (exact) mass is 718 g/mol. The lowest BCUT2D eigenvalue weighted by atomic mass is 10.0. The van der Waals surface area contributed by atoms with Crippen LogP contribution in [-0.2, 0) is 32.7 Å². The second kappa shape index (κ2) is 36.5. The third-order valence-corrected chi connectivity index (χ3v) is 9.65. The van der Waals surface area contributed by atoms with Gasteiger partial charge in [-0.2, -0.15) is 0 Å². The van der Waals surface area contributed by atoms with Crippen molar-refractivity contribution in [1.82, 2.24) is 0 Å². The topological polar surface area (TPSA) is 134 Å². The molecule has 9 nitrogen and oxygen atoms in total. The average molecular weight is 718 g/mol. The van der Waals surface area contributed by atoms with Gasteiger partial charge in [-0.1, -0.05) is 161 Å². The summed E-state index contributed by atoms with van der Waals surface area (Å²) in [6.45, 7) is 3.66. The molecule has 0 amide bonds. The predicted octanol–water partition coefficient (Wildman–Crippen LogP) is 11.1. The van der Waals surface area contributed by atoms with Crippen LogP contribution in [0.2, 0.25) is 0 Å². The van der Waals surface area contributed by atoms with Crippen LogP contribution in [0.4, 0.5) is 0 Å². The molecule has 0 spiro atoms. The maximum absolute atomic E-state index is 12.5. The molecule has 0 saturated heterocycles. The van der Waals surface area contributed by atoms with Crippen molar-refractivity contribution in [1.29, 1.82) is 0 Å². The summed E-state index contributed by atoms with van der Waals surface area (Å²) >= 11 is 0. The largest absolute Gasteiger partial charge is 0.472 e. The van der Waals surface area contributed by atoms with Crippen molar-refractivity contribution in [2.75, 3.05) is 26.4 Å². The summed E-state index contributed by atoms with van der Waals surface area (Å²) in [5.74, 6) is -0.822. The molecular weight excluding hydrogens is 641 g/mol. The number of allylic oxidation sites excluding steroid dienone is 2. The van der Waals surface area contributed by atoms with Crippen molar-refractivity contribution in [3.05, 3.63) is 12.2 Å². The number of hydrogen-bond donors (Lipinski definition) is 2. The number of phosphoric ester groups is 1. The van der Waals surface area contributed by atoms with E-state index in [0.29, 0.717) is 6.42 Å². The molecule has 0 aliphatic rings. The Morgan fingerprint density at radius 3 is 1.53 bits per heavy atom. The number of hydrogen-bond acceptors (Lipinski definition) is 8. The molecule has 1 unspecified atom stereocenters. The molecule has 0 heterocycles. The van der Waals surface area contributed by atoms with Crippen LogP contribution in [0.25, 0.3) is 0 Å². The first-order valence-corrected chi connectivity index (χ1v) is 21.7. The number of ether oxygens (including phenoxy) is 2. The summed E-state index contributed by atoms with van der Waals surface area (Å²) in [7, 11) is -4.37. The maximum atomic E-state index is 12.5. The first-order valence-electron chi connectivity index (χ1n) is 20.2. The van der Waals surface area contributed by atoms with Gasteiger partial charge in [-0.3, -0.25) is 18.6 Å². The molecule has 2 atom stereocenters. The number of nitrogens with two attached hydrogens (primary N) is 1. The highest BCUT2D eigenvalue weighted by Crippen LogP contribution is 2.43. The van der Waals surface area contributed by atoms with E-state index >= 15 is 0 Å². The third-order valence-electron chi connectivity index (χ3n) is 8.66. The minimum atomic E-state index is -4.37. The Bertz CT molecular complexity index is 825. The van der Waals surface area contributed by atoms with E-state index in [1.54, 1.807) is 0 Å². The van der Waals surface area contributed by atoms with Crippen molar-refractivity contribution >= 4 is 19.8 Å². The van der Waals surface area contributed by atoms with Gasteiger partial charge in [0.1, 0.15) is 6.61 Å². The van der Waals surface area contributed by atoms with Crippen molar-refractivity contribution in [3.8, 4) is 0 Å². The zero-order valence-corrected chi connectivity index (χ0v) is 32.6. The Balaban J connectivity index is 4.16. The van der Waals surface area contributed by atoms with E-state index < -0.39 is 26.5 Å². The van der Waals surface area contributed by atoms with E-state index in [2.05, 4.69) is 26.0 Å². The lowest BCUT2D eigenvalue weighted by molar-refractivity contribution is -0.161. The first-order chi connectivity index (χ1) is 23.8. The number of carbonyl (C=O) groups excluding carboxylic acids is 2. The SMILES string of the molecule is CC/C=C/CCCCCCCCCCCCCC(=O)O[C@@H](COC(=O)CCCCCCCCCCCCCCC)COP(=O)(O)OCCN. The van der Waals surface area contributed by atoms with Gasteiger partial charge in [0.25, 0.3) is 0 Å². The van der Waals surface area contributed by atoms with E-state index in [9.17, 15) is 19.0 Å². The summed E-state index contributed by atoms with van der Waals surface area (Å²) in [6, 6.07) is 0. The highest BCUT2D eigenvalue weighted by molar-refractivity contribution is 7.47. The smallest absolute Gasteiger partial charge is 0.462 e. The van der Waals surface area contributed by atoms with E-state index in [1.165, 1.54) is 116 Å². The molecule has 0 aliphatic heterocycles. The Labute approximate surface area is 300 Å². The lowest BCUT2D eigenvalue weighted by Gasteiger charge is -2.19. The van der Waals surface area contributed by atoms with E-state index in [0.717, 1.165) is 44.9 Å². The number of esters is 2. The molecule has 0 saturated carbocycles. The Kier molecular flexibility index (Phi) is 35.6. The fraction of sp³-hybridized carbons (Fsp3) is 0.897. The van der Waals surface area contributed by atoms with Gasteiger partial charge in [0.05, 0.1) is 13.2 Å². The van der Waals surface area contributed by atoms with Crippen LogP contribution in [0.3, 0.4) is 0 Å². The van der Waals surface area contributed by atoms with E-state index in [-0.39, 0.29) is 38.6 Å². The molecule has 10 heteroatoms. The summed E-state index contributed by atoms with van der Waals surface area (Å²) in [5.41, 5.74) is 5.34. The number of phosphoric acid groups is 1. The second-order valence-electron chi connectivity index (χ2n) is 13.5. The van der Waals surface area contributed by atoms with Crippen LogP contribution in [0.5, 0.6) is 0 Å². The molecular formula is C39H76NO8P. The van der Waals surface area contributed by atoms with Crippen molar-refractivity contribution < 1.29 is 37.6 Å². The van der Waals surface area contributed by atoms with Crippen molar-refractivity contribution in [3.63, 3.8) is 0 Å². The summed E-state index contributed by atoms with van der Waals surface area (Å²) < 4.78 is 32.7. The number of rotatable bonds is 38. The average Bonchev–Trinajstić information content (AvgIpc) is 3.08. The molecule has 0 aromatic heterocycles. The molecule has 3 N–H and O–H groups in total. The zero-order chi connectivity index (χ0) is 36.1. The molecule has 49 heavy (non-hydrogen) atoms. The van der Waals surface area contributed by atoms with Gasteiger partial charge in [0.2, 0.25) is 0 Å². The van der Waals surface area contributed by atoms with Crippen LogP contribution >= 0.6 is 7.82 Å². The fourth-order valence-corrected chi connectivity index (χ4v) is 6.46. The van der Waals surface area contributed by atoms with Gasteiger partial charge in [-0.15, -0.1) is 0 Å². The standard InChI is InChI=1S/C39H76NO8P/c1-3-5-7-9-11-13-15-17-18-20-22-24-26-28-30-32-39(42)48-37(36-47-49(43,44)46-34-33-40)35-45-38(41)31-29-27-25-23-21-19-16-14-12-10-8-6-4-2/h5,7,37H,3-4,6,8-36,40H2,1-2H3,(H,43,44)/b7-5+/t37-/m0/s1. The highest BCUT2D eigenvalue weighted by atomic mass is 31.2. The first kappa shape index (κ1) is 47.8. The van der Waals surface area contributed by atoms with E-state index in [4.69, 9.17) is 24.3 Å². The molecule has 0 aromatic carbocycles. The summed E-state index contributed by atoms with van der Waals surface area (Å²) in [5, 5.41) is 0. The maximum Gasteiger partial charge on any atom is 0.472 e. The molecule has 0 fully saturated rings. The van der Waals surface area contributed by atoms with Gasteiger partial charge in [0, 0.05) is 19.4 Å². The number of carbonyl (C=O) groups is 2. The van der Waals surface area contributed by atoms with Gasteiger partial charge in [0.15, 0.2) is 6.10 Å². The number of unbranched alkanes of at least 4 members (excludes halogenated alkanes) is 23. The van der Waals surface area contributed by atoms with Gasteiger partial charge in [-0.05, 0) is 32.1 Å². The molecule has 0 aromatic rings. The van der Waals surface area contributed by atoms with Crippen molar-refractivity contribution in [2.24, 2.45) is 5.73 Å².